The van der Waals surface area contributed by atoms with E-state index in [4.69, 9.17) is 10.7 Å². The van der Waals surface area contributed by atoms with Crippen molar-refractivity contribution in [2.45, 2.75) is 6.36 Å². The van der Waals surface area contributed by atoms with E-state index in [1.165, 1.54) is 4.72 Å². The summed E-state index contributed by atoms with van der Waals surface area (Å²) < 4.78 is 66.3. The molecular weight excluding hydrogens is 395 g/mol. The summed E-state index contributed by atoms with van der Waals surface area (Å²) in [6, 6.07) is 2.81. The lowest BCUT2D eigenvalue weighted by Gasteiger charge is -2.11. The van der Waals surface area contributed by atoms with Crippen molar-refractivity contribution in [2.24, 2.45) is 0 Å². The van der Waals surface area contributed by atoms with Crippen LogP contribution in [0.1, 0.15) is 0 Å². The van der Waals surface area contributed by atoms with Crippen LogP contribution in [0.4, 0.5) is 18.0 Å². The van der Waals surface area contributed by atoms with Gasteiger partial charge >= 0.3 is 21.7 Å². The van der Waals surface area contributed by atoms with Crippen LogP contribution in [0.15, 0.2) is 22.7 Å². The molecule has 6 nitrogen and oxygen atoms in total. The Morgan fingerprint density at radius 1 is 1.35 bits per heavy atom. The summed E-state index contributed by atoms with van der Waals surface area (Å²) in [5.41, 5.74) is 0. The first-order chi connectivity index (χ1) is 8.96. The zero-order chi connectivity index (χ0) is 15.6. The maximum Gasteiger partial charge on any atom is 0.573 e. The van der Waals surface area contributed by atoms with Crippen LogP contribution < -0.4 is 14.2 Å². The molecule has 0 heterocycles. The molecule has 0 spiro atoms. The van der Waals surface area contributed by atoms with Gasteiger partial charge in [0.1, 0.15) is 11.5 Å². The van der Waals surface area contributed by atoms with Crippen LogP contribution in [0.5, 0.6) is 11.5 Å². The molecule has 1 N–H and O–H groups in total. The second kappa shape index (κ2) is 6.06. The zero-order valence-electron chi connectivity index (χ0n) is 9.07. The predicted molar refractivity (Wildman–Crippen MR) is 64.8 cm³/mol. The predicted octanol–water partition coefficient (Wildman–Crippen LogP) is 2.92. The molecule has 1 rings (SSSR count). The number of rotatable bonds is 3. The number of ether oxygens (including phenoxy) is 2. The lowest BCUT2D eigenvalue weighted by molar-refractivity contribution is -0.274. The molecule has 0 unspecified atom stereocenters. The minimum Gasteiger partial charge on any atom is -0.410 e. The van der Waals surface area contributed by atoms with Crippen LogP contribution >= 0.6 is 26.6 Å². The Morgan fingerprint density at radius 3 is 2.40 bits per heavy atom. The lowest BCUT2D eigenvalue weighted by atomic mass is 10.3. The summed E-state index contributed by atoms with van der Waals surface area (Å²) in [4.78, 5) is 11.0. The SMILES string of the molecule is O=C(NS(=O)(=O)Cl)Oc1ccc(OC(F)(F)F)c(Br)c1. The standard InChI is InChI=1S/C8H4BrClF3NO5S/c9-5-3-4(18-7(15)14-20(10,16)17)1-2-6(5)19-8(11,12)13/h1-3H,(H,14,15). The summed E-state index contributed by atoms with van der Waals surface area (Å²) in [6.45, 7) is 0. The molecule has 0 fully saturated rings. The third kappa shape index (κ3) is 6.30. The van der Waals surface area contributed by atoms with E-state index in [-0.39, 0.29) is 10.2 Å². The minimum atomic E-state index is -4.88. The zero-order valence-corrected chi connectivity index (χ0v) is 12.2. The van der Waals surface area contributed by atoms with Crippen molar-refractivity contribution < 1.29 is 35.9 Å². The number of benzene rings is 1. The number of hydrogen-bond acceptors (Lipinski definition) is 5. The quantitative estimate of drug-likeness (QED) is 0.792. The number of nitrogens with one attached hydrogen (secondary N) is 1. The summed E-state index contributed by atoms with van der Waals surface area (Å²) in [6.07, 6.45) is -6.30. The van der Waals surface area contributed by atoms with Crippen molar-refractivity contribution >= 4 is 41.9 Å². The maximum atomic E-state index is 12.0. The van der Waals surface area contributed by atoms with Gasteiger partial charge in [-0.25, -0.2) is 9.52 Å². The van der Waals surface area contributed by atoms with Crippen LogP contribution in [-0.4, -0.2) is 20.9 Å². The highest BCUT2D eigenvalue weighted by atomic mass is 79.9. The van der Waals surface area contributed by atoms with Gasteiger partial charge in [-0.1, -0.05) is 0 Å². The van der Waals surface area contributed by atoms with Crippen molar-refractivity contribution in [3.8, 4) is 11.5 Å². The van der Waals surface area contributed by atoms with Gasteiger partial charge in [0.25, 0.3) is 0 Å². The molecule has 20 heavy (non-hydrogen) atoms. The molecular formula is C8H4BrClF3NO5S. The van der Waals surface area contributed by atoms with E-state index in [0.717, 1.165) is 18.2 Å². The van der Waals surface area contributed by atoms with Gasteiger partial charge in [0, 0.05) is 10.7 Å². The van der Waals surface area contributed by atoms with Crippen molar-refractivity contribution in [1.82, 2.24) is 4.72 Å². The van der Waals surface area contributed by atoms with E-state index in [0.29, 0.717) is 0 Å². The first-order valence-electron chi connectivity index (χ1n) is 4.46. The molecule has 0 aliphatic carbocycles. The Morgan fingerprint density at radius 2 is 1.95 bits per heavy atom. The largest absolute Gasteiger partial charge is 0.573 e. The average molecular weight is 399 g/mol. The number of amides is 1. The third-order valence-electron chi connectivity index (χ3n) is 1.54. The van der Waals surface area contributed by atoms with Gasteiger partial charge in [0.05, 0.1) is 4.47 Å². The van der Waals surface area contributed by atoms with Crippen molar-refractivity contribution in [1.29, 1.82) is 0 Å². The molecule has 0 aliphatic rings. The molecule has 1 amide bonds. The number of carbonyl (C=O) groups excluding carboxylic acids is 1. The topological polar surface area (TPSA) is 81.7 Å². The van der Waals surface area contributed by atoms with Gasteiger partial charge in [-0.2, -0.15) is 8.42 Å². The van der Waals surface area contributed by atoms with Gasteiger partial charge < -0.3 is 9.47 Å². The number of carbonyl (C=O) groups is 1. The number of alkyl halides is 3. The first kappa shape index (κ1) is 16.9. The number of hydrogen-bond donors (Lipinski definition) is 1. The maximum absolute atomic E-state index is 12.0. The van der Waals surface area contributed by atoms with Crippen molar-refractivity contribution in [3.63, 3.8) is 0 Å². The fraction of sp³-hybridized carbons (Fsp3) is 0.125. The molecule has 0 saturated carbocycles. The fourth-order valence-electron chi connectivity index (χ4n) is 0.980. The summed E-state index contributed by atoms with van der Waals surface area (Å²) in [5.74, 6) is -0.792. The molecule has 0 aromatic heterocycles. The highest BCUT2D eigenvalue weighted by Gasteiger charge is 2.32. The molecule has 0 atom stereocenters. The molecule has 0 aliphatic heterocycles. The number of halogens is 5. The van der Waals surface area contributed by atoms with E-state index in [1.807, 2.05) is 0 Å². The summed E-state index contributed by atoms with van der Waals surface area (Å²) in [5, 5.41) is 0. The molecule has 0 saturated heterocycles. The van der Waals surface area contributed by atoms with Crippen LogP contribution in [-0.2, 0) is 9.24 Å². The van der Waals surface area contributed by atoms with Gasteiger partial charge in [-0.3, -0.25) is 0 Å². The van der Waals surface area contributed by atoms with E-state index in [1.54, 1.807) is 0 Å². The second-order valence-corrected chi connectivity index (χ2v) is 6.22. The van der Waals surface area contributed by atoms with E-state index < -0.39 is 27.4 Å². The van der Waals surface area contributed by atoms with Gasteiger partial charge in [0.15, 0.2) is 0 Å². The Balaban J connectivity index is 2.80. The van der Waals surface area contributed by atoms with Gasteiger partial charge in [-0.05, 0) is 34.1 Å². The Hall–Kier alpha value is -1.20. The monoisotopic (exact) mass is 397 g/mol. The second-order valence-electron chi connectivity index (χ2n) is 3.07. The van der Waals surface area contributed by atoms with Gasteiger partial charge in [0.2, 0.25) is 0 Å². The Labute approximate surface area is 123 Å². The lowest BCUT2D eigenvalue weighted by Crippen LogP contribution is -2.29. The normalized spacial score (nSPS) is 11.8. The average Bonchev–Trinajstić information content (AvgIpc) is 2.17. The van der Waals surface area contributed by atoms with E-state index in [9.17, 15) is 26.4 Å². The molecule has 12 heteroatoms. The molecule has 112 valence electrons. The Kier molecular flexibility index (Phi) is 5.10. The smallest absolute Gasteiger partial charge is 0.410 e. The molecule has 1 aromatic rings. The molecule has 0 bridgehead atoms. The highest BCUT2D eigenvalue weighted by molar-refractivity contribution is 9.10. The third-order valence-corrected chi connectivity index (χ3v) is 2.81. The van der Waals surface area contributed by atoms with Crippen LogP contribution in [0.25, 0.3) is 0 Å². The van der Waals surface area contributed by atoms with Crippen LogP contribution in [0, 0.1) is 0 Å². The van der Waals surface area contributed by atoms with Gasteiger partial charge in [-0.15, -0.1) is 13.2 Å². The Bertz CT molecular complexity index is 621. The first-order valence-corrected chi connectivity index (χ1v) is 7.56. The van der Waals surface area contributed by atoms with Crippen molar-refractivity contribution in [2.75, 3.05) is 0 Å². The van der Waals surface area contributed by atoms with E-state index in [2.05, 4.69) is 25.4 Å². The van der Waals surface area contributed by atoms with Crippen LogP contribution in [0.2, 0.25) is 0 Å². The summed E-state index contributed by atoms with van der Waals surface area (Å²) >= 11 is 2.77. The molecule has 0 radical (unpaired) electrons. The van der Waals surface area contributed by atoms with E-state index >= 15 is 0 Å². The summed E-state index contributed by atoms with van der Waals surface area (Å²) in [7, 11) is 0.406. The fourth-order valence-corrected chi connectivity index (χ4v) is 1.85. The minimum absolute atomic E-state index is 0.158. The van der Waals surface area contributed by atoms with Crippen LogP contribution in [0.3, 0.4) is 0 Å². The highest BCUT2D eigenvalue weighted by Crippen LogP contribution is 2.33. The molecule has 1 aromatic carbocycles. The van der Waals surface area contributed by atoms with Crippen molar-refractivity contribution in [3.05, 3.63) is 22.7 Å².